The number of likely N-dealkylation sites (tertiary alicyclic amines) is 1. The van der Waals surface area contributed by atoms with E-state index < -0.39 is 17.8 Å². The molecule has 1 atom stereocenters. The molecule has 0 spiro atoms. The first-order valence-corrected chi connectivity index (χ1v) is 12.3. The molecule has 1 aromatic heterocycles. The van der Waals surface area contributed by atoms with E-state index in [0.29, 0.717) is 59.8 Å². The number of ether oxygens (including phenoxy) is 1. The number of rotatable bonds is 4. The third kappa shape index (κ3) is 4.63. The van der Waals surface area contributed by atoms with Gasteiger partial charge in [0.2, 0.25) is 0 Å². The summed E-state index contributed by atoms with van der Waals surface area (Å²) in [6.45, 7) is 4.51. The van der Waals surface area contributed by atoms with Crippen molar-refractivity contribution >= 4 is 11.7 Å². The zero-order valence-electron chi connectivity index (χ0n) is 20.9. The van der Waals surface area contributed by atoms with Crippen LogP contribution in [0.25, 0.3) is 5.69 Å². The Morgan fingerprint density at radius 2 is 1.73 bits per heavy atom. The molecule has 0 radical (unpaired) electrons. The molecule has 9 heteroatoms. The Bertz CT molecular complexity index is 1340. The topological polar surface area (TPSA) is 64.4 Å². The number of fused-ring (bicyclic) bond motifs is 1. The Morgan fingerprint density at radius 3 is 2.35 bits per heavy atom. The van der Waals surface area contributed by atoms with Crippen LogP contribution in [0.1, 0.15) is 76.8 Å². The molecule has 37 heavy (non-hydrogen) atoms. The molecule has 1 amide bonds. The summed E-state index contributed by atoms with van der Waals surface area (Å²) < 4.78 is 46.2. The van der Waals surface area contributed by atoms with Gasteiger partial charge in [0.25, 0.3) is 5.91 Å². The van der Waals surface area contributed by atoms with Gasteiger partial charge in [-0.2, -0.15) is 18.3 Å². The van der Waals surface area contributed by atoms with E-state index in [0.717, 1.165) is 18.6 Å². The van der Waals surface area contributed by atoms with Crippen LogP contribution in [0.4, 0.5) is 13.2 Å². The van der Waals surface area contributed by atoms with Gasteiger partial charge in [-0.25, -0.2) is 4.68 Å². The highest BCUT2D eigenvalue weighted by molar-refractivity contribution is 6.00. The summed E-state index contributed by atoms with van der Waals surface area (Å²) >= 11 is 0. The molecule has 0 bridgehead atoms. The van der Waals surface area contributed by atoms with E-state index in [9.17, 15) is 22.8 Å². The Kier molecular flexibility index (Phi) is 6.12. The number of Topliss-reactive ketones (excluding diaryl/α,β-unsaturated/α-hetero) is 1. The number of nitrogens with zero attached hydrogens (tertiary/aromatic N) is 3. The van der Waals surface area contributed by atoms with E-state index in [1.54, 1.807) is 41.0 Å². The highest BCUT2D eigenvalue weighted by Crippen LogP contribution is 2.42. The van der Waals surface area contributed by atoms with Crippen LogP contribution in [0.5, 0.6) is 5.75 Å². The van der Waals surface area contributed by atoms with Gasteiger partial charge in [-0.1, -0.05) is 13.8 Å². The minimum Gasteiger partial charge on any atom is -0.497 e. The first-order chi connectivity index (χ1) is 17.5. The molecule has 1 aliphatic carbocycles. The fraction of sp³-hybridized carbons (Fsp3) is 0.393. The van der Waals surface area contributed by atoms with Crippen LogP contribution >= 0.6 is 0 Å². The van der Waals surface area contributed by atoms with Crippen molar-refractivity contribution in [2.45, 2.75) is 51.7 Å². The summed E-state index contributed by atoms with van der Waals surface area (Å²) in [5.41, 5.74) is 1.59. The Balaban J connectivity index is 1.57. The number of carbonyl (C=O) groups excluding carboxylic acids is 2. The Morgan fingerprint density at radius 1 is 1.05 bits per heavy atom. The minimum absolute atomic E-state index is 0.0526. The molecular formula is C28H28F3N3O3. The SMILES string of the molecule is COc1ccc(C(=O)N2CCC[C@H]2c2nn(-c3ccc(C(F)(F)F)cc3)c3c2C(=O)CC(C)(C)C3)cc1. The molecular weight excluding hydrogens is 483 g/mol. The van der Waals surface area contributed by atoms with E-state index >= 15 is 0 Å². The van der Waals surface area contributed by atoms with Crippen LogP contribution < -0.4 is 4.74 Å². The van der Waals surface area contributed by atoms with Crippen molar-refractivity contribution in [1.29, 1.82) is 0 Å². The number of amides is 1. The average Bonchev–Trinajstić information content (AvgIpc) is 3.47. The number of halogens is 3. The van der Waals surface area contributed by atoms with Gasteiger partial charge in [-0.05, 0) is 73.2 Å². The Hall–Kier alpha value is -3.62. The zero-order chi connectivity index (χ0) is 26.5. The van der Waals surface area contributed by atoms with Gasteiger partial charge in [-0.3, -0.25) is 9.59 Å². The van der Waals surface area contributed by atoms with Crippen LogP contribution in [0, 0.1) is 5.41 Å². The van der Waals surface area contributed by atoms with Crippen LogP contribution in [-0.4, -0.2) is 40.0 Å². The van der Waals surface area contributed by atoms with Gasteiger partial charge in [0.05, 0.1) is 41.4 Å². The minimum atomic E-state index is -4.45. The lowest BCUT2D eigenvalue weighted by Gasteiger charge is -2.30. The number of ketones is 1. The predicted molar refractivity (Wildman–Crippen MR) is 131 cm³/mol. The molecule has 0 unspecified atom stereocenters. The molecule has 194 valence electrons. The number of hydrogen-bond donors (Lipinski definition) is 0. The highest BCUT2D eigenvalue weighted by atomic mass is 19.4. The molecule has 2 heterocycles. The molecule has 1 aliphatic heterocycles. The largest absolute Gasteiger partial charge is 0.497 e. The fourth-order valence-corrected chi connectivity index (χ4v) is 5.41. The Labute approximate surface area is 213 Å². The van der Waals surface area contributed by atoms with Crippen molar-refractivity contribution in [2.75, 3.05) is 13.7 Å². The lowest BCUT2D eigenvalue weighted by molar-refractivity contribution is -0.137. The van der Waals surface area contributed by atoms with Gasteiger partial charge in [0.15, 0.2) is 5.78 Å². The first-order valence-electron chi connectivity index (χ1n) is 12.3. The summed E-state index contributed by atoms with van der Waals surface area (Å²) in [6.07, 6.45) is -2.16. The average molecular weight is 512 g/mol. The number of aromatic nitrogens is 2. The van der Waals surface area contributed by atoms with Gasteiger partial charge in [0.1, 0.15) is 5.75 Å². The summed E-state index contributed by atoms with van der Waals surface area (Å²) in [4.78, 5) is 28.6. The molecule has 0 saturated carbocycles. The first kappa shape index (κ1) is 25.0. The molecule has 3 aromatic rings. The van der Waals surface area contributed by atoms with E-state index in [2.05, 4.69) is 0 Å². The number of alkyl halides is 3. The molecule has 2 aliphatic rings. The van der Waals surface area contributed by atoms with Crippen molar-refractivity contribution in [3.63, 3.8) is 0 Å². The molecule has 5 rings (SSSR count). The zero-order valence-corrected chi connectivity index (χ0v) is 20.9. The number of carbonyl (C=O) groups is 2. The van der Waals surface area contributed by atoms with E-state index in [1.165, 1.54) is 12.1 Å². The highest BCUT2D eigenvalue weighted by Gasteiger charge is 2.42. The standard InChI is InChI=1S/C28H28F3N3O3/c1-27(2)15-22-24(23(35)16-27)25(32-34(22)19-10-8-18(9-11-19)28(29,30)31)21-5-4-14-33(21)26(36)17-6-12-20(37-3)13-7-17/h6-13,21H,4-5,14-16H2,1-3H3/t21-/m0/s1. The van der Waals surface area contributed by atoms with Crippen molar-refractivity contribution in [2.24, 2.45) is 5.41 Å². The van der Waals surface area contributed by atoms with Gasteiger partial charge >= 0.3 is 6.18 Å². The summed E-state index contributed by atoms with van der Waals surface area (Å²) in [5, 5.41) is 4.81. The maximum absolute atomic E-state index is 13.5. The number of methoxy groups -OCH3 is 1. The maximum atomic E-state index is 13.5. The van der Waals surface area contributed by atoms with Crippen molar-refractivity contribution in [3.8, 4) is 11.4 Å². The van der Waals surface area contributed by atoms with Gasteiger partial charge in [0, 0.05) is 18.5 Å². The van der Waals surface area contributed by atoms with Gasteiger partial charge < -0.3 is 9.64 Å². The van der Waals surface area contributed by atoms with Crippen LogP contribution in [0.15, 0.2) is 48.5 Å². The molecule has 0 N–H and O–H groups in total. The molecule has 1 saturated heterocycles. The third-order valence-corrected chi connectivity index (χ3v) is 7.18. The second-order valence-electron chi connectivity index (χ2n) is 10.5. The van der Waals surface area contributed by atoms with E-state index in [1.807, 2.05) is 13.8 Å². The van der Waals surface area contributed by atoms with Gasteiger partial charge in [-0.15, -0.1) is 0 Å². The lowest BCUT2D eigenvalue weighted by atomic mass is 9.75. The smallest absolute Gasteiger partial charge is 0.416 e. The maximum Gasteiger partial charge on any atom is 0.416 e. The van der Waals surface area contributed by atoms with Crippen LogP contribution in [-0.2, 0) is 12.6 Å². The second kappa shape index (κ2) is 9.04. The molecule has 6 nitrogen and oxygen atoms in total. The monoisotopic (exact) mass is 511 g/mol. The normalized spacial score (nSPS) is 19.1. The van der Waals surface area contributed by atoms with E-state index in [-0.39, 0.29) is 17.1 Å². The third-order valence-electron chi connectivity index (χ3n) is 7.18. The predicted octanol–water partition coefficient (Wildman–Crippen LogP) is 6.03. The van der Waals surface area contributed by atoms with Crippen LogP contribution in [0.3, 0.4) is 0 Å². The van der Waals surface area contributed by atoms with Crippen molar-refractivity contribution in [3.05, 3.63) is 76.6 Å². The lowest BCUT2D eigenvalue weighted by Crippen LogP contribution is -2.32. The second-order valence-corrected chi connectivity index (χ2v) is 10.5. The fourth-order valence-electron chi connectivity index (χ4n) is 5.41. The van der Waals surface area contributed by atoms with Crippen LogP contribution in [0.2, 0.25) is 0 Å². The van der Waals surface area contributed by atoms with E-state index in [4.69, 9.17) is 9.84 Å². The van der Waals surface area contributed by atoms with Crippen molar-refractivity contribution in [1.82, 2.24) is 14.7 Å². The van der Waals surface area contributed by atoms with Crippen molar-refractivity contribution < 1.29 is 27.5 Å². The molecule has 2 aromatic carbocycles. The quantitative estimate of drug-likeness (QED) is 0.429. The summed E-state index contributed by atoms with van der Waals surface area (Å²) in [5.74, 6) is 0.432. The molecule has 1 fully saturated rings. The number of benzene rings is 2. The number of hydrogen-bond acceptors (Lipinski definition) is 4. The summed E-state index contributed by atoms with van der Waals surface area (Å²) in [6, 6.07) is 11.3. The summed E-state index contributed by atoms with van der Waals surface area (Å²) in [7, 11) is 1.56.